The number of imidazole rings is 2. The second-order valence-corrected chi connectivity index (χ2v) is 17.8. The van der Waals surface area contributed by atoms with Gasteiger partial charge < -0.3 is 39.6 Å². The highest BCUT2D eigenvalue weighted by atomic mass is 16.7. The first-order chi connectivity index (χ1) is 29.9. The number of rotatable bonds is 10. The number of ether oxygens (including phenoxy) is 2. The molecule has 3 amide bonds. The maximum absolute atomic E-state index is 13.7. The Labute approximate surface area is 361 Å². The van der Waals surface area contributed by atoms with Crippen molar-refractivity contribution in [3.8, 4) is 33.6 Å². The molecule has 15 nitrogen and oxygen atoms in total. The molecule has 15 heteroatoms. The van der Waals surface area contributed by atoms with E-state index in [9.17, 15) is 24.7 Å². The molecular formula is C47H56N8O7. The van der Waals surface area contributed by atoms with Crippen LogP contribution >= 0.6 is 0 Å². The molecule has 0 radical (unpaired) electrons. The Morgan fingerprint density at radius 2 is 1.58 bits per heavy atom. The molecule has 4 aliphatic rings. The number of hydrogen-bond acceptors (Lipinski definition) is 10. The van der Waals surface area contributed by atoms with Crippen molar-refractivity contribution in [2.75, 3.05) is 33.4 Å². The second kappa shape index (κ2) is 16.9. The molecule has 3 aromatic carbocycles. The zero-order valence-corrected chi connectivity index (χ0v) is 35.9. The number of methoxy groups -OCH3 is 1. The summed E-state index contributed by atoms with van der Waals surface area (Å²) < 4.78 is 9.04. The molecule has 0 saturated carbocycles. The Hall–Kier alpha value is -5.61. The lowest BCUT2D eigenvalue weighted by molar-refractivity contribution is -1.16. The van der Waals surface area contributed by atoms with Crippen LogP contribution in [0, 0.1) is 11.8 Å². The number of carboxylic acid groups (broad SMARTS) is 1. The topological polar surface area (TPSA) is 189 Å². The number of aromatic amines is 2. The van der Waals surface area contributed by atoms with Gasteiger partial charge in [-0.2, -0.15) is 5.21 Å². The lowest BCUT2D eigenvalue weighted by Crippen LogP contribution is -2.70. The number of quaternary nitrogens is 1. The maximum Gasteiger partial charge on any atom is 0.407 e. The van der Waals surface area contributed by atoms with E-state index in [1.165, 1.54) is 12.7 Å². The number of hydrogen-bond donors (Lipinski definition) is 4. The fourth-order valence-electron chi connectivity index (χ4n) is 10.3. The van der Waals surface area contributed by atoms with Crippen LogP contribution in [0.1, 0.15) is 94.3 Å². The molecule has 0 bridgehead atoms. The number of H-pyrrole nitrogens is 2. The van der Waals surface area contributed by atoms with E-state index in [0.29, 0.717) is 51.4 Å². The minimum Gasteiger partial charge on any atom is -0.494 e. The van der Waals surface area contributed by atoms with E-state index in [1.54, 1.807) is 18.1 Å². The van der Waals surface area contributed by atoms with Gasteiger partial charge in [-0.1, -0.05) is 61.1 Å². The quantitative estimate of drug-likeness (QED) is 0.0658. The van der Waals surface area contributed by atoms with Crippen molar-refractivity contribution < 1.29 is 38.9 Å². The van der Waals surface area contributed by atoms with Gasteiger partial charge in [0.15, 0.2) is 0 Å². The number of aryl methyl sites for hydroxylation is 2. The number of carbonyl (C=O) groups is 3. The van der Waals surface area contributed by atoms with E-state index < -0.39 is 35.1 Å². The summed E-state index contributed by atoms with van der Waals surface area (Å²) in [6, 6.07) is 17.5. The molecule has 0 spiro atoms. The molecule has 5 heterocycles. The summed E-state index contributed by atoms with van der Waals surface area (Å²) in [6.45, 7) is 7.75. The van der Waals surface area contributed by atoms with E-state index in [2.05, 4.69) is 69.9 Å². The summed E-state index contributed by atoms with van der Waals surface area (Å²) in [6.07, 6.45) is 5.75. The van der Waals surface area contributed by atoms with Crippen LogP contribution < -0.4 is 10.4 Å². The van der Waals surface area contributed by atoms with Crippen LogP contribution in [-0.2, 0) is 27.1 Å². The summed E-state index contributed by atoms with van der Waals surface area (Å²) in [7, 11) is 1.30. The average molecular weight is 845 g/mol. The van der Waals surface area contributed by atoms with Gasteiger partial charge in [0.05, 0.1) is 37.3 Å². The van der Waals surface area contributed by atoms with Crippen molar-refractivity contribution in [2.24, 2.45) is 11.8 Å². The van der Waals surface area contributed by atoms with Crippen molar-refractivity contribution >= 4 is 28.9 Å². The number of hydroxylamine groups is 2. The molecule has 3 fully saturated rings. The summed E-state index contributed by atoms with van der Waals surface area (Å²) >= 11 is 0. The van der Waals surface area contributed by atoms with Gasteiger partial charge in [0, 0.05) is 42.5 Å². The Morgan fingerprint density at radius 1 is 0.887 bits per heavy atom. The van der Waals surface area contributed by atoms with Gasteiger partial charge in [0.2, 0.25) is 5.91 Å². The smallest absolute Gasteiger partial charge is 0.407 e. The SMILES string of the molecule is COC(=O)NC(C(=O)N1CCCC1c1nc2c([nH]1)CCc1cc(-c3ccc4cc(-c5cnc(C6CCCN6[N+](O)(C(=O)[O-])C(C)C6CCOCC6)[nH]5)ccc4c3)ccc1-2)C(C)C. The molecule has 326 valence electrons. The number of carbonyl (C=O) groups excluding carboxylic acids is 3. The van der Waals surface area contributed by atoms with E-state index in [4.69, 9.17) is 19.4 Å². The molecule has 5 atom stereocenters. The molecule has 9 rings (SSSR count). The molecule has 3 saturated heterocycles. The normalized spacial score (nSPS) is 21.4. The first-order valence-corrected chi connectivity index (χ1v) is 22.1. The minimum atomic E-state index is -1.52. The third-order valence-electron chi connectivity index (χ3n) is 13.8. The van der Waals surface area contributed by atoms with Crippen LogP contribution in [0.25, 0.3) is 44.4 Å². The van der Waals surface area contributed by atoms with Crippen molar-refractivity contribution in [3.05, 3.63) is 83.7 Å². The average Bonchev–Trinajstić information content (AvgIpc) is 4.13. The first kappa shape index (κ1) is 41.7. The molecule has 3 aliphatic heterocycles. The number of amides is 3. The van der Waals surface area contributed by atoms with Gasteiger partial charge in [-0.05, 0) is 104 Å². The number of nitrogens with zero attached hydrogens (tertiary/aromatic N) is 5. The Bertz CT molecular complexity index is 2490. The molecule has 2 aromatic heterocycles. The molecule has 5 unspecified atom stereocenters. The van der Waals surface area contributed by atoms with Crippen LogP contribution in [0.3, 0.4) is 0 Å². The van der Waals surface area contributed by atoms with Crippen LogP contribution in [-0.4, -0.2) is 103 Å². The standard InChI is InChI=1S/C47H56N8O7/c1-27(2)41(52-46(57)61-4)45(56)53-19-5-7-39(53)44-49-37-16-14-34-24-33(13-15-36(34)42(37)51-44)30-9-10-32-25-35(12-11-31(32)23-30)38-26-48-43(50-38)40-8-6-20-54(40)55(60,47(58)59)28(3)29-17-21-62-22-18-29/h9-13,15,23-29,39-41,60H,5-8,14,16-22H2,1-4H3,(H3-,48,49,50,51,52,57,58,59). The van der Waals surface area contributed by atoms with Gasteiger partial charge >= 0.3 is 12.2 Å². The zero-order valence-electron chi connectivity index (χ0n) is 35.9. The highest BCUT2D eigenvalue weighted by Gasteiger charge is 2.52. The van der Waals surface area contributed by atoms with E-state index in [0.717, 1.165) is 88.0 Å². The second-order valence-electron chi connectivity index (χ2n) is 17.8. The van der Waals surface area contributed by atoms with Gasteiger partial charge in [-0.25, -0.2) is 14.8 Å². The van der Waals surface area contributed by atoms with Gasteiger partial charge in [-0.3, -0.25) is 4.79 Å². The highest BCUT2D eigenvalue weighted by molar-refractivity contribution is 5.91. The fraction of sp³-hybridized carbons (Fsp3) is 0.468. The molecular weight excluding hydrogens is 789 g/mol. The predicted molar refractivity (Wildman–Crippen MR) is 229 cm³/mol. The van der Waals surface area contributed by atoms with Gasteiger partial charge in [-0.15, -0.1) is 5.01 Å². The van der Waals surface area contributed by atoms with Crippen LogP contribution in [0.2, 0.25) is 0 Å². The highest BCUT2D eigenvalue weighted by Crippen LogP contribution is 2.41. The van der Waals surface area contributed by atoms with Gasteiger partial charge in [0.1, 0.15) is 29.8 Å². The maximum atomic E-state index is 13.7. The third kappa shape index (κ3) is 7.54. The molecule has 5 aromatic rings. The summed E-state index contributed by atoms with van der Waals surface area (Å²) in [5.41, 5.74) is 8.36. The summed E-state index contributed by atoms with van der Waals surface area (Å²) in [5, 5.41) is 31.0. The van der Waals surface area contributed by atoms with Crippen molar-refractivity contribution in [3.63, 3.8) is 0 Å². The van der Waals surface area contributed by atoms with Crippen molar-refractivity contribution in [1.82, 2.24) is 35.2 Å². The number of aromatic nitrogens is 4. The molecule has 4 N–H and O–H groups in total. The fourth-order valence-corrected chi connectivity index (χ4v) is 10.3. The van der Waals surface area contributed by atoms with Crippen LogP contribution in [0.4, 0.5) is 9.59 Å². The predicted octanol–water partition coefficient (Wildman–Crippen LogP) is 6.85. The molecule has 1 aliphatic carbocycles. The van der Waals surface area contributed by atoms with E-state index >= 15 is 0 Å². The van der Waals surface area contributed by atoms with Crippen LogP contribution in [0.15, 0.2) is 60.8 Å². The number of nitrogens with one attached hydrogen (secondary N) is 3. The Balaban J connectivity index is 0.913. The zero-order chi connectivity index (χ0) is 43.3. The van der Waals surface area contributed by atoms with Crippen molar-refractivity contribution in [1.29, 1.82) is 0 Å². The first-order valence-electron chi connectivity index (χ1n) is 22.1. The molecule has 62 heavy (non-hydrogen) atoms. The monoisotopic (exact) mass is 844 g/mol. The Morgan fingerprint density at radius 3 is 2.32 bits per heavy atom. The number of alkyl carbamates (subject to hydrolysis) is 1. The van der Waals surface area contributed by atoms with Crippen LogP contribution in [0.5, 0.6) is 0 Å². The minimum absolute atomic E-state index is 0.0115. The van der Waals surface area contributed by atoms with Gasteiger partial charge in [0.25, 0.3) is 0 Å². The summed E-state index contributed by atoms with van der Waals surface area (Å²) in [4.78, 5) is 57.2. The number of benzene rings is 3. The lowest BCUT2D eigenvalue weighted by atomic mass is 9.89. The van der Waals surface area contributed by atoms with E-state index in [1.807, 2.05) is 18.7 Å². The number of likely N-dealkylation sites (tertiary alicyclic amines) is 1. The van der Waals surface area contributed by atoms with E-state index in [-0.39, 0.29) is 23.8 Å². The van der Waals surface area contributed by atoms with Crippen molar-refractivity contribution in [2.45, 2.75) is 96.3 Å². The summed E-state index contributed by atoms with van der Waals surface area (Å²) in [5.74, 6) is 1.17. The number of fused-ring (bicyclic) bond motifs is 4. The third-order valence-corrected chi connectivity index (χ3v) is 13.8. The largest absolute Gasteiger partial charge is 0.494 e. The Kier molecular flexibility index (Phi) is 11.4. The lowest BCUT2D eigenvalue weighted by Gasteiger charge is -2.45.